The monoisotopic (exact) mass is 552 g/mol. The van der Waals surface area contributed by atoms with Crippen molar-refractivity contribution in [3.05, 3.63) is 56.6 Å². The van der Waals surface area contributed by atoms with Crippen LogP contribution in [-0.2, 0) is 17.6 Å². The molecule has 0 spiro atoms. The number of esters is 1. The van der Waals surface area contributed by atoms with E-state index < -0.39 is 0 Å². The highest BCUT2D eigenvalue weighted by Gasteiger charge is 2.27. The molecule has 0 saturated carbocycles. The quantitative estimate of drug-likeness (QED) is 0.298. The zero-order chi connectivity index (χ0) is 27.8. The van der Waals surface area contributed by atoms with E-state index in [4.69, 9.17) is 4.74 Å². The first kappa shape index (κ1) is 29.2. The Balaban J connectivity index is 1.60. The number of likely N-dealkylation sites (N-methyl/N-ethyl adjacent to an activating group) is 1. The van der Waals surface area contributed by atoms with Crippen molar-refractivity contribution >= 4 is 34.7 Å². The number of urea groups is 1. The van der Waals surface area contributed by atoms with Crippen LogP contribution in [0.2, 0.25) is 0 Å². The van der Waals surface area contributed by atoms with E-state index in [2.05, 4.69) is 53.3 Å². The van der Waals surface area contributed by atoms with E-state index >= 15 is 0 Å². The van der Waals surface area contributed by atoms with Crippen molar-refractivity contribution in [3.63, 3.8) is 0 Å². The number of thiophene rings is 1. The number of carbonyl (C=O) groups is 2. The lowest BCUT2D eigenvalue weighted by Crippen LogP contribution is -2.35. The van der Waals surface area contributed by atoms with Crippen LogP contribution in [0.4, 0.5) is 10.5 Å². The Morgan fingerprint density at radius 1 is 1.08 bits per heavy atom. The van der Waals surface area contributed by atoms with Gasteiger partial charge in [-0.2, -0.15) is 0 Å². The Labute approximate surface area is 237 Å². The van der Waals surface area contributed by atoms with E-state index in [1.165, 1.54) is 39.4 Å². The summed E-state index contributed by atoms with van der Waals surface area (Å²) >= 11 is 1.47. The van der Waals surface area contributed by atoms with E-state index in [1.54, 1.807) is 6.92 Å². The van der Waals surface area contributed by atoms with Gasteiger partial charge < -0.3 is 19.9 Å². The molecule has 4 rings (SSSR count). The third-order valence-corrected chi connectivity index (χ3v) is 9.16. The lowest BCUT2D eigenvalue weighted by molar-refractivity contribution is 0.0533. The van der Waals surface area contributed by atoms with Crippen molar-refractivity contribution < 1.29 is 14.3 Å². The normalized spacial score (nSPS) is 16.5. The SMILES string of the molecule is CCCCC1=C(/C(CNC(=O)Nc2c(C(=O)OCC)sc3c2CCCC3)=C(\C)n2cccc2)CCN(CC)C1. The number of anilines is 1. The number of hydrogen-bond acceptors (Lipinski definition) is 5. The number of nitrogens with zero attached hydrogens (tertiary/aromatic N) is 2. The zero-order valence-electron chi connectivity index (χ0n) is 24.0. The fourth-order valence-electron chi connectivity index (χ4n) is 5.68. The van der Waals surface area contributed by atoms with Gasteiger partial charge in [-0.05, 0) is 94.2 Å². The van der Waals surface area contributed by atoms with Crippen LogP contribution in [0.5, 0.6) is 0 Å². The molecule has 39 heavy (non-hydrogen) atoms. The molecule has 2 aromatic heterocycles. The Hall–Kier alpha value is -2.84. The number of fused-ring (bicyclic) bond motifs is 1. The summed E-state index contributed by atoms with van der Waals surface area (Å²) in [4.78, 5) is 30.3. The van der Waals surface area contributed by atoms with Crippen LogP contribution in [0, 0.1) is 0 Å². The van der Waals surface area contributed by atoms with Gasteiger partial charge in [0.1, 0.15) is 4.88 Å². The number of allylic oxidation sites excluding steroid dienone is 1. The molecule has 212 valence electrons. The molecule has 0 unspecified atom stereocenters. The lowest BCUT2D eigenvalue weighted by atomic mass is 9.89. The third-order valence-electron chi connectivity index (χ3n) is 7.89. The summed E-state index contributed by atoms with van der Waals surface area (Å²) in [6.07, 6.45) is 12.5. The van der Waals surface area contributed by atoms with E-state index in [0.29, 0.717) is 23.7 Å². The van der Waals surface area contributed by atoms with Gasteiger partial charge in [-0.25, -0.2) is 9.59 Å². The summed E-state index contributed by atoms with van der Waals surface area (Å²) in [5.74, 6) is -0.357. The minimum absolute atomic E-state index is 0.286. The van der Waals surface area contributed by atoms with Crippen LogP contribution in [0.25, 0.3) is 5.70 Å². The lowest BCUT2D eigenvalue weighted by Gasteiger charge is -2.32. The summed E-state index contributed by atoms with van der Waals surface area (Å²) in [5, 5.41) is 6.21. The number of unbranched alkanes of at least 4 members (excludes halogenated alkanes) is 1. The van der Waals surface area contributed by atoms with E-state index in [0.717, 1.165) is 75.8 Å². The minimum atomic E-state index is -0.357. The second-order valence-corrected chi connectivity index (χ2v) is 11.5. The van der Waals surface area contributed by atoms with E-state index in [-0.39, 0.29) is 12.0 Å². The Morgan fingerprint density at radius 3 is 2.56 bits per heavy atom. The molecule has 0 atom stereocenters. The predicted molar refractivity (Wildman–Crippen MR) is 161 cm³/mol. The maximum absolute atomic E-state index is 13.4. The maximum atomic E-state index is 13.4. The summed E-state index contributed by atoms with van der Waals surface area (Å²) in [6, 6.07) is 3.78. The van der Waals surface area contributed by atoms with E-state index in [1.807, 2.05) is 12.1 Å². The summed E-state index contributed by atoms with van der Waals surface area (Å²) in [7, 11) is 0. The van der Waals surface area contributed by atoms with Crippen molar-refractivity contribution in [1.82, 2.24) is 14.8 Å². The molecule has 0 aromatic carbocycles. The summed E-state index contributed by atoms with van der Waals surface area (Å²) in [6.45, 7) is 12.2. The van der Waals surface area contributed by atoms with Gasteiger partial charge in [0, 0.05) is 42.6 Å². The number of carbonyl (C=O) groups excluding carboxylic acids is 2. The number of amides is 2. The van der Waals surface area contributed by atoms with Crippen molar-refractivity contribution in [3.8, 4) is 0 Å². The number of aryl methyl sites for hydroxylation is 1. The number of rotatable bonds is 11. The molecule has 0 bridgehead atoms. The number of ether oxygens (including phenoxy) is 1. The molecule has 2 N–H and O–H groups in total. The van der Waals surface area contributed by atoms with Gasteiger partial charge in [0.25, 0.3) is 0 Å². The second-order valence-electron chi connectivity index (χ2n) is 10.4. The highest BCUT2D eigenvalue weighted by molar-refractivity contribution is 7.14. The Morgan fingerprint density at radius 2 is 1.85 bits per heavy atom. The zero-order valence-corrected chi connectivity index (χ0v) is 24.8. The average molecular weight is 553 g/mol. The number of aromatic nitrogens is 1. The van der Waals surface area contributed by atoms with E-state index in [9.17, 15) is 9.59 Å². The van der Waals surface area contributed by atoms with Crippen LogP contribution >= 0.6 is 11.3 Å². The van der Waals surface area contributed by atoms with Crippen LogP contribution in [0.1, 0.15) is 86.3 Å². The molecular weight excluding hydrogens is 508 g/mol. The van der Waals surface area contributed by atoms with Gasteiger partial charge in [0.15, 0.2) is 0 Å². The Kier molecular flexibility index (Phi) is 10.5. The summed E-state index contributed by atoms with van der Waals surface area (Å²) in [5.41, 5.74) is 6.93. The topological polar surface area (TPSA) is 75.6 Å². The van der Waals surface area contributed by atoms with Gasteiger partial charge >= 0.3 is 12.0 Å². The first-order valence-electron chi connectivity index (χ1n) is 14.6. The summed E-state index contributed by atoms with van der Waals surface area (Å²) < 4.78 is 7.46. The van der Waals surface area contributed by atoms with Gasteiger partial charge in [-0.15, -0.1) is 11.3 Å². The maximum Gasteiger partial charge on any atom is 0.350 e. The van der Waals surface area contributed by atoms with Crippen LogP contribution in [0.3, 0.4) is 0 Å². The molecule has 1 aliphatic heterocycles. The fourth-order valence-corrected chi connectivity index (χ4v) is 6.92. The van der Waals surface area contributed by atoms with Crippen LogP contribution in [0.15, 0.2) is 41.2 Å². The standard InChI is InChI=1S/C31H44N4O3S/c1-5-8-13-23-21-34(6-2)19-16-24(23)26(22(4)35-17-11-12-18-35)20-32-31(37)33-28-25-14-9-10-15-27(25)39-29(28)30(36)38-7-3/h11-12,17-18H,5-10,13-16,19-21H2,1-4H3,(H2,32,33,37)/b26-22+. The van der Waals surface area contributed by atoms with Gasteiger partial charge in [0.05, 0.1) is 12.3 Å². The highest BCUT2D eigenvalue weighted by Crippen LogP contribution is 2.39. The molecule has 2 aliphatic rings. The van der Waals surface area contributed by atoms with Crippen molar-refractivity contribution in [2.45, 2.75) is 79.1 Å². The average Bonchev–Trinajstić information content (AvgIpc) is 3.61. The molecule has 0 radical (unpaired) electrons. The molecule has 7 nitrogen and oxygen atoms in total. The predicted octanol–water partition coefficient (Wildman–Crippen LogP) is 6.87. The molecule has 8 heteroatoms. The molecule has 0 fully saturated rings. The first-order chi connectivity index (χ1) is 19.0. The molecule has 2 aromatic rings. The molecular formula is C31H44N4O3S. The molecule has 1 aliphatic carbocycles. The molecule has 2 amide bonds. The van der Waals surface area contributed by atoms with Gasteiger partial charge in [0.2, 0.25) is 0 Å². The Bertz CT molecular complexity index is 1210. The smallest absolute Gasteiger partial charge is 0.350 e. The molecule has 3 heterocycles. The minimum Gasteiger partial charge on any atom is -0.462 e. The van der Waals surface area contributed by atoms with Crippen LogP contribution < -0.4 is 10.6 Å². The number of hydrogen-bond donors (Lipinski definition) is 2. The van der Waals surface area contributed by atoms with Crippen molar-refractivity contribution in [2.24, 2.45) is 0 Å². The number of nitrogens with one attached hydrogen (secondary N) is 2. The van der Waals surface area contributed by atoms with Crippen LogP contribution in [-0.4, -0.2) is 54.3 Å². The third kappa shape index (κ3) is 7.03. The van der Waals surface area contributed by atoms with Gasteiger partial charge in [-0.1, -0.05) is 25.8 Å². The second kappa shape index (κ2) is 14.0. The van der Waals surface area contributed by atoms with Gasteiger partial charge in [-0.3, -0.25) is 4.90 Å². The van der Waals surface area contributed by atoms with Crippen molar-refractivity contribution in [2.75, 3.05) is 38.1 Å². The van der Waals surface area contributed by atoms with Crippen molar-refractivity contribution in [1.29, 1.82) is 0 Å². The highest BCUT2D eigenvalue weighted by atomic mass is 32.1. The molecule has 0 saturated heterocycles. The largest absolute Gasteiger partial charge is 0.462 e. The first-order valence-corrected chi connectivity index (χ1v) is 15.4. The fraction of sp³-hybridized carbons (Fsp3) is 0.548.